The molecule has 4 rings (SSSR count). The van der Waals surface area contributed by atoms with Crippen molar-refractivity contribution in [2.24, 2.45) is 0 Å². The van der Waals surface area contributed by atoms with Crippen molar-refractivity contribution >= 4 is 16.1 Å². The maximum Gasteiger partial charge on any atom is 0.317 e. The van der Waals surface area contributed by atoms with E-state index in [1.54, 1.807) is 11.0 Å². The van der Waals surface area contributed by atoms with E-state index in [4.69, 9.17) is 9.47 Å². The van der Waals surface area contributed by atoms with Crippen LogP contribution in [0.5, 0.6) is 5.75 Å². The molecular formula is C23H36N4O6S. The van der Waals surface area contributed by atoms with Crippen molar-refractivity contribution in [1.82, 2.24) is 19.8 Å². The Morgan fingerprint density at radius 3 is 2.65 bits per heavy atom. The lowest BCUT2D eigenvalue weighted by atomic mass is 9.92. The maximum atomic E-state index is 13.1. The van der Waals surface area contributed by atoms with Crippen LogP contribution in [0.25, 0.3) is 0 Å². The molecule has 0 saturated carbocycles. The van der Waals surface area contributed by atoms with E-state index in [1.165, 1.54) is 0 Å². The van der Waals surface area contributed by atoms with Crippen LogP contribution in [0.15, 0.2) is 23.1 Å². The second kappa shape index (κ2) is 10.4. The lowest BCUT2D eigenvalue weighted by Crippen LogP contribution is -2.48. The number of β-amino-alcohol motifs (C(OH)–C–C–N with tert-alkyl or cyclic N) is 1. The number of amides is 2. The first kappa shape index (κ1) is 25.2. The van der Waals surface area contributed by atoms with Crippen molar-refractivity contribution < 1.29 is 27.8 Å². The Morgan fingerprint density at radius 1 is 1.21 bits per heavy atom. The molecule has 11 heteroatoms. The van der Waals surface area contributed by atoms with Gasteiger partial charge in [-0.25, -0.2) is 17.9 Å². The van der Waals surface area contributed by atoms with Crippen LogP contribution in [0, 0.1) is 0 Å². The predicted octanol–water partition coefficient (Wildman–Crippen LogP) is 0.715. The Bertz CT molecular complexity index is 982. The topological polar surface area (TPSA) is 120 Å². The number of aliphatic hydroxyl groups is 1. The number of hydrogen-bond donors (Lipinski definition) is 3. The predicted molar refractivity (Wildman–Crippen MR) is 127 cm³/mol. The number of fused-ring (bicyclic) bond motifs is 2. The third-order valence-electron chi connectivity index (χ3n) is 6.74. The van der Waals surface area contributed by atoms with Gasteiger partial charge in [-0.05, 0) is 57.4 Å². The van der Waals surface area contributed by atoms with Crippen LogP contribution in [-0.4, -0.2) is 100 Å². The molecule has 2 fully saturated rings. The first-order valence-corrected chi connectivity index (χ1v) is 13.4. The lowest BCUT2D eigenvalue weighted by Gasteiger charge is -2.30. The van der Waals surface area contributed by atoms with Crippen molar-refractivity contribution in [3.8, 4) is 5.75 Å². The molecule has 3 heterocycles. The van der Waals surface area contributed by atoms with Gasteiger partial charge in [-0.15, -0.1) is 0 Å². The fourth-order valence-electron chi connectivity index (χ4n) is 4.90. The molecule has 2 saturated heterocycles. The quantitative estimate of drug-likeness (QED) is 0.552. The summed E-state index contributed by atoms with van der Waals surface area (Å²) in [6.07, 6.45) is 0.385. The van der Waals surface area contributed by atoms with Crippen molar-refractivity contribution in [1.29, 1.82) is 0 Å². The summed E-state index contributed by atoms with van der Waals surface area (Å²) in [7, 11) is -2.04. The van der Waals surface area contributed by atoms with E-state index in [0.29, 0.717) is 26.3 Å². The highest BCUT2D eigenvalue weighted by Gasteiger charge is 2.41. The van der Waals surface area contributed by atoms with Gasteiger partial charge in [-0.1, -0.05) is 6.07 Å². The van der Waals surface area contributed by atoms with Crippen LogP contribution >= 0.6 is 0 Å². The molecule has 3 N–H and O–H groups in total. The standard InChI is InChI=1S/C23H36N4O6S/c1-15(2)25-23(29)27-13-19-21(14-27)33-20-10-17(16-6-8-32-9-7-16)4-5-22(20)34(30,31)24-11-18(28)12-26(19)3/h4-5,10,15-16,18-19,21,24,28H,6-9,11-14H2,1-3H3,(H,25,29)/t18-,19+,21-/m0/s1. The van der Waals surface area contributed by atoms with Gasteiger partial charge >= 0.3 is 6.03 Å². The summed E-state index contributed by atoms with van der Waals surface area (Å²) >= 11 is 0. The second-order valence-electron chi connectivity index (χ2n) is 9.77. The number of nitrogens with one attached hydrogen (secondary N) is 2. The normalized spacial score (nSPS) is 28.5. The van der Waals surface area contributed by atoms with E-state index in [9.17, 15) is 18.3 Å². The number of carbonyl (C=O) groups is 1. The average Bonchev–Trinajstić information content (AvgIpc) is 3.21. The van der Waals surface area contributed by atoms with E-state index >= 15 is 0 Å². The highest BCUT2D eigenvalue weighted by Crippen LogP contribution is 2.35. The number of nitrogens with zero attached hydrogens (tertiary/aromatic N) is 2. The largest absolute Gasteiger partial charge is 0.485 e. The number of hydrogen-bond acceptors (Lipinski definition) is 7. The number of sulfonamides is 1. The van der Waals surface area contributed by atoms with Crippen molar-refractivity contribution in [3.05, 3.63) is 23.8 Å². The molecule has 0 aromatic heterocycles. The molecule has 34 heavy (non-hydrogen) atoms. The maximum absolute atomic E-state index is 13.1. The van der Waals surface area contributed by atoms with Gasteiger partial charge in [0.1, 0.15) is 16.7 Å². The van der Waals surface area contributed by atoms with Gasteiger partial charge in [0.15, 0.2) is 0 Å². The zero-order valence-electron chi connectivity index (χ0n) is 20.1. The molecular weight excluding hydrogens is 460 g/mol. The van der Waals surface area contributed by atoms with E-state index in [0.717, 1.165) is 18.4 Å². The summed E-state index contributed by atoms with van der Waals surface area (Å²) < 4.78 is 40.6. The van der Waals surface area contributed by atoms with Crippen LogP contribution in [0.4, 0.5) is 4.79 Å². The Labute approximate surface area is 201 Å². The minimum Gasteiger partial charge on any atom is -0.485 e. The van der Waals surface area contributed by atoms with Gasteiger partial charge in [0.05, 0.1) is 18.7 Å². The lowest BCUT2D eigenvalue weighted by molar-refractivity contribution is 0.0710. The van der Waals surface area contributed by atoms with E-state index in [1.807, 2.05) is 37.9 Å². The second-order valence-corrected chi connectivity index (χ2v) is 11.5. The summed E-state index contributed by atoms with van der Waals surface area (Å²) in [4.78, 5) is 16.4. The molecule has 2 amide bonds. The first-order chi connectivity index (χ1) is 16.1. The van der Waals surface area contributed by atoms with Crippen LogP contribution in [0.2, 0.25) is 0 Å². The number of likely N-dealkylation sites (tertiary alicyclic amines) is 1. The van der Waals surface area contributed by atoms with Gasteiger partial charge in [0.25, 0.3) is 0 Å². The average molecular weight is 497 g/mol. The fourth-order valence-corrected chi connectivity index (χ4v) is 6.09. The van der Waals surface area contributed by atoms with Gasteiger partial charge in [0, 0.05) is 38.9 Å². The van der Waals surface area contributed by atoms with Gasteiger partial charge in [0.2, 0.25) is 10.0 Å². The monoisotopic (exact) mass is 496 g/mol. The SMILES string of the molecule is CC(C)NC(=O)N1C[C@@H]2Oc3cc(C4CCOCC4)ccc3S(=O)(=O)NC[C@H](O)CN(C)[C@@H]2C1. The van der Waals surface area contributed by atoms with Gasteiger partial charge in [-0.3, -0.25) is 4.90 Å². The van der Waals surface area contributed by atoms with E-state index in [2.05, 4.69) is 10.0 Å². The van der Waals surface area contributed by atoms with Crippen LogP contribution in [0.1, 0.15) is 38.2 Å². The van der Waals surface area contributed by atoms with E-state index in [-0.39, 0.29) is 47.8 Å². The van der Waals surface area contributed by atoms with Crippen LogP contribution in [-0.2, 0) is 14.8 Å². The summed E-state index contributed by atoms with van der Waals surface area (Å²) in [5.74, 6) is 0.552. The van der Waals surface area contributed by atoms with Gasteiger partial charge in [-0.2, -0.15) is 0 Å². The van der Waals surface area contributed by atoms with Crippen molar-refractivity contribution in [2.45, 2.75) is 61.8 Å². The molecule has 3 aliphatic rings. The van der Waals surface area contributed by atoms with Crippen LogP contribution in [0.3, 0.4) is 0 Å². The molecule has 10 nitrogen and oxygen atoms in total. The first-order valence-electron chi connectivity index (χ1n) is 12.0. The highest BCUT2D eigenvalue weighted by atomic mass is 32.2. The molecule has 0 radical (unpaired) electrons. The minimum atomic E-state index is -3.90. The molecule has 190 valence electrons. The van der Waals surface area contributed by atoms with Crippen LogP contribution < -0.4 is 14.8 Å². The molecule has 1 aromatic carbocycles. The molecule has 0 spiro atoms. The molecule has 0 aliphatic carbocycles. The highest BCUT2D eigenvalue weighted by molar-refractivity contribution is 7.89. The van der Waals surface area contributed by atoms with Gasteiger partial charge < -0.3 is 24.8 Å². The number of benzene rings is 1. The van der Waals surface area contributed by atoms with E-state index < -0.39 is 22.2 Å². The third kappa shape index (κ3) is 5.65. The fraction of sp³-hybridized carbons (Fsp3) is 0.696. The summed E-state index contributed by atoms with van der Waals surface area (Å²) in [6, 6.07) is 4.87. The Hall–Kier alpha value is -1.92. The molecule has 0 unspecified atom stereocenters. The summed E-state index contributed by atoms with van der Waals surface area (Å²) in [6.45, 7) is 6.03. The van der Waals surface area contributed by atoms with Crippen molar-refractivity contribution in [3.63, 3.8) is 0 Å². The number of rotatable bonds is 2. The van der Waals surface area contributed by atoms with Crippen molar-refractivity contribution in [2.75, 3.05) is 46.4 Å². The number of carbonyl (C=O) groups excluding carboxylic acids is 1. The zero-order valence-corrected chi connectivity index (χ0v) is 20.9. The Balaban J connectivity index is 1.69. The molecule has 3 aliphatic heterocycles. The number of urea groups is 1. The third-order valence-corrected chi connectivity index (χ3v) is 8.20. The minimum absolute atomic E-state index is 0.00459. The zero-order chi connectivity index (χ0) is 24.5. The number of aliphatic hydroxyl groups excluding tert-OH is 1. The Kier molecular flexibility index (Phi) is 7.68. The molecule has 1 aromatic rings. The number of ether oxygens (including phenoxy) is 2. The summed E-state index contributed by atoms with van der Waals surface area (Å²) in [5.41, 5.74) is 1.02. The smallest absolute Gasteiger partial charge is 0.317 e. The summed E-state index contributed by atoms with van der Waals surface area (Å²) in [5, 5.41) is 13.4. The molecule has 3 atom stereocenters. The number of likely N-dealkylation sites (N-methyl/N-ethyl adjacent to an activating group) is 1. The Morgan fingerprint density at radius 2 is 1.94 bits per heavy atom. The molecule has 0 bridgehead atoms.